The predicted octanol–water partition coefficient (Wildman–Crippen LogP) is 3.38. The van der Waals surface area contributed by atoms with Crippen molar-refractivity contribution in [2.45, 2.75) is 37.6 Å². The van der Waals surface area contributed by atoms with Crippen LogP contribution in [0.5, 0.6) is 5.88 Å². The van der Waals surface area contributed by atoms with Crippen molar-refractivity contribution in [3.05, 3.63) is 36.5 Å². The summed E-state index contributed by atoms with van der Waals surface area (Å²) >= 11 is 0. The fourth-order valence-electron chi connectivity index (χ4n) is 5.02. The molecule has 13 heteroatoms. The van der Waals surface area contributed by atoms with Gasteiger partial charge in [-0.25, -0.2) is 27.1 Å². The average Bonchev–Trinajstić information content (AvgIpc) is 3.43. The van der Waals surface area contributed by atoms with Gasteiger partial charge in [0.1, 0.15) is 17.2 Å². The van der Waals surface area contributed by atoms with Gasteiger partial charge in [-0.3, -0.25) is 4.90 Å². The molecular weight excluding hydrogens is 494 g/mol. The summed E-state index contributed by atoms with van der Waals surface area (Å²) in [5.41, 5.74) is 1.71. The van der Waals surface area contributed by atoms with Crippen LogP contribution in [0, 0.1) is 5.82 Å². The van der Waals surface area contributed by atoms with Gasteiger partial charge in [0.05, 0.1) is 50.8 Å². The second-order valence-corrected chi connectivity index (χ2v) is 9.32. The molecule has 5 heterocycles. The maximum Gasteiger partial charge on any atom is 0.256 e. The number of nitrogens with one attached hydrogen (secondary N) is 1. The van der Waals surface area contributed by atoms with Crippen LogP contribution in [0.2, 0.25) is 0 Å². The lowest BCUT2D eigenvalue weighted by molar-refractivity contribution is -0.0794. The zero-order valence-corrected chi connectivity index (χ0v) is 20.0. The van der Waals surface area contributed by atoms with E-state index in [-0.39, 0.29) is 28.9 Å². The number of rotatable bonds is 7. The molecule has 9 nitrogen and oxygen atoms in total. The van der Waals surface area contributed by atoms with Crippen molar-refractivity contribution in [1.29, 1.82) is 0 Å². The normalized spacial score (nSPS) is 21.1. The third kappa shape index (κ3) is 4.35. The SMILES string of the molecule is COc1nc(N[C@H]2CCN(C3COC3)C[C@@H]2F)nn2ccc(-c3cc(F)c4ncn(CC(F)F)c4c3)c12. The first-order valence-corrected chi connectivity index (χ1v) is 12.0. The highest BCUT2D eigenvalue weighted by Gasteiger charge is 2.35. The summed E-state index contributed by atoms with van der Waals surface area (Å²) < 4.78 is 69.3. The minimum atomic E-state index is -2.61. The molecule has 1 aromatic carbocycles. The second kappa shape index (κ2) is 9.45. The standard InChI is InChI=1S/C24H25F4N7O2/c1-36-23-22-15(13-6-16(25)21-19(7-13)34(12-29-21)9-20(27)28)2-5-35(22)32-24(31-23)30-18-3-4-33(8-17(18)26)14-10-37-11-14/h2,5-7,12,14,17-18,20H,3-4,8-11H2,1H3,(H,30,32)/t17-,18-/m0/s1. The van der Waals surface area contributed by atoms with Crippen LogP contribution in [-0.4, -0.2) is 87.1 Å². The molecular formula is C24H25F4N7O2. The molecule has 4 aromatic rings. The fraction of sp³-hybridized carbons (Fsp3) is 0.458. The molecule has 0 amide bonds. The first-order valence-electron chi connectivity index (χ1n) is 12.0. The van der Waals surface area contributed by atoms with Crippen molar-refractivity contribution in [2.75, 3.05) is 38.7 Å². The molecule has 0 radical (unpaired) electrons. The topological polar surface area (TPSA) is 81.7 Å². The third-order valence-electron chi connectivity index (χ3n) is 7.02. The van der Waals surface area contributed by atoms with E-state index in [9.17, 15) is 17.6 Å². The molecule has 6 rings (SSSR count). The highest BCUT2D eigenvalue weighted by molar-refractivity contribution is 5.90. The van der Waals surface area contributed by atoms with Gasteiger partial charge in [0.15, 0.2) is 5.82 Å². The molecule has 0 unspecified atom stereocenters. The maximum absolute atomic E-state index is 14.9. The molecule has 2 aliphatic rings. The van der Waals surface area contributed by atoms with Crippen LogP contribution in [0.3, 0.4) is 0 Å². The van der Waals surface area contributed by atoms with Gasteiger partial charge in [0, 0.05) is 24.8 Å². The Morgan fingerprint density at radius 3 is 2.81 bits per heavy atom. The number of likely N-dealkylation sites (tertiary alicyclic amines) is 1. The molecule has 0 spiro atoms. The van der Waals surface area contributed by atoms with Crippen LogP contribution in [0.4, 0.5) is 23.5 Å². The van der Waals surface area contributed by atoms with Gasteiger partial charge in [0.25, 0.3) is 6.43 Å². The summed E-state index contributed by atoms with van der Waals surface area (Å²) in [6.07, 6.45) is -0.268. The largest absolute Gasteiger partial charge is 0.479 e. The Balaban J connectivity index is 1.31. The summed E-state index contributed by atoms with van der Waals surface area (Å²) in [4.78, 5) is 10.5. The van der Waals surface area contributed by atoms with Crippen LogP contribution >= 0.6 is 0 Å². The molecule has 2 fully saturated rings. The smallest absolute Gasteiger partial charge is 0.256 e. The third-order valence-corrected chi connectivity index (χ3v) is 7.02. The number of piperidine rings is 1. The van der Waals surface area contributed by atoms with Crippen LogP contribution in [-0.2, 0) is 11.3 Å². The predicted molar refractivity (Wildman–Crippen MR) is 127 cm³/mol. The molecule has 2 saturated heterocycles. The molecule has 2 atom stereocenters. The van der Waals surface area contributed by atoms with Gasteiger partial charge < -0.3 is 19.4 Å². The van der Waals surface area contributed by atoms with Gasteiger partial charge in [-0.1, -0.05) is 0 Å². The summed E-state index contributed by atoms with van der Waals surface area (Å²) in [5.74, 6) is -0.221. The van der Waals surface area contributed by atoms with Crippen molar-refractivity contribution in [1.82, 2.24) is 29.0 Å². The van der Waals surface area contributed by atoms with E-state index in [1.54, 1.807) is 18.3 Å². The van der Waals surface area contributed by atoms with E-state index in [2.05, 4.69) is 25.3 Å². The molecule has 0 aliphatic carbocycles. The number of fused-ring (bicyclic) bond motifs is 2. The van der Waals surface area contributed by atoms with E-state index in [0.717, 1.165) is 6.54 Å². The summed E-state index contributed by atoms with van der Waals surface area (Å²) in [6.45, 7) is 1.75. The van der Waals surface area contributed by atoms with Crippen LogP contribution in [0.25, 0.3) is 27.7 Å². The number of alkyl halides is 3. The van der Waals surface area contributed by atoms with E-state index < -0.39 is 31.0 Å². The molecule has 1 N–H and O–H groups in total. The number of halogens is 4. The number of hydrogen-bond acceptors (Lipinski definition) is 7. The van der Waals surface area contributed by atoms with Crippen molar-refractivity contribution in [2.24, 2.45) is 0 Å². The van der Waals surface area contributed by atoms with Crippen molar-refractivity contribution in [3.8, 4) is 17.0 Å². The number of hydrogen-bond donors (Lipinski definition) is 1. The molecule has 37 heavy (non-hydrogen) atoms. The Morgan fingerprint density at radius 2 is 2.11 bits per heavy atom. The summed E-state index contributed by atoms with van der Waals surface area (Å²) in [5, 5.41) is 7.57. The van der Waals surface area contributed by atoms with E-state index >= 15 is 0 Å². The highest BCUT2D eigenvalue weighted by Crippen LogP contribution is 2.34. The number of benzene rings is 1. The van der Waals surface area contributed by atoms with Crippen LogP contribution in [0.1, 0.15) is 6.42 Å². The van der Waals surface area contributed by atoms with Crippen LogP contribution in [0.15, 0.2) is 30.7 Å². The van der Waals surface area contributed by atoms with Gasteiger partial charge in [-0.05, 0) is 30.2 Å². The van der Waals surface area contributed by atoms with Crippen molar-refractivity contribution < 1.29 is 27.0 Å². The fourth-order valence-corrected chi connectivity index (χ4v) is 5.02. The van der Waals surface area contributed by atoms with E-state index in [1.165, 1.54) is 28.6 Å². The van der Waals surface area contributed by atoms with Gasteiger partial charge in [0.2, 0.25) is 11.8 Å². The minimum Gasteiger partial charge on any atom is -0.479 e. The van der Waals surface area contributed by atoms with Gasteiger partial charge in [-0.2, -0.15) is 4.98 Å². The first kappa shape index (κ1) is 23.9. The van der Waals surface area contributed by atoms with Gasteiger partial charge >= 0.3 is 0 Å². The van der Waals surface area contributed by atoms with E-state index in [0.29, 0.717) is 42.8 Å². The lowest BCUT2D eigenvalue weighted by Crippen LogP contribution is -2.57. The monoisotopic (exact) mass is 519 g/mol. The number of aromatic nitrogens is 5. The lowest BCUT2D eigenvalue weighted by Gasteiger charge is -2.42. The van der Waals surface area contributed by atoms with Crippen molar-refractivity contribution in [3.63, 3.8) is 0 Å². The summed E-state index contributed by atoms with van der Waals surface area (Å²) in [6, 6.07) is 4.42. The van der Waals surface area contributed by atoms with Crippen molar-refractivity contribution >= 4 is 22.5 Å². The molecule has 3 aromatic heterocycles. The molecule has 0 saturated carbocycles. The second-order valence-electron chi connectivity index (χ2n) is 9.32. The Labute approximate surface area is 209 Å². The number of anilines is 1. The Bertz CT molecular complexity index is 1440. The first-order chi connectivity index (χ1) is 17.9. The number of methoxy groups -OCH3 is 1. The quantitative estimate of drug-likeness (QED) is 0.375. The molecule has 0 bridgehead atoms. The Morgan fingerprint density at radius 1 is 1.27 bits per heavy atom. The lowest BCUT2D eigenvalue weighted by atomic mass is 10.0. The minimum absolute atomic E-state index is 0.0132. The highest BCUT2D eigenvalue weighted by atomic mass is 19.3. The average molecular weight is 520 g/mol. The zero-order valence-electron chi connectivity index (χ0n) is 20.0. The van der Waals surface area contributed by atoms with Gasteiger partial charge in [-0.15, -0.1) is 5.10 Å². The number of nitrogens with zero attached hydrogens (tertiary/aromatic N) is 6. The van der Waals surface area contributed by atoms with Crippen LogP contribution < -0.4 is 10.1 Å². The molecule has 2 aliphatic heterocycles. The zero-order chi connectivity index (χ0) is 25.7. The van der Waals surface area contributed by atoms with E-state index in [4.69, 9.17) is 9.47 Å². The number of imidazole rings is 1. The van der Waals surface area contributed by atoms with E-state index in [1.807, 2.05) is 0 Å². The maximum atomic E-state index is 14.9. The summed E-state index contributed by atoms with van der Waals surface area (Å²) in [7, 11) is 1.45. The Kier molecular flexibility index (Phi) is 6.11. The number of ether oxygens (including phenoxy) is 2. The molecule has 196 valence electrons. The Hall–Kier alpha value is -3.45.